The molecule has 0 radical (unpaired) electrons. The van der Waals surface area contributed by atoms with Crippen molar-refractivity contribution in [1.82, 2.24) is 4.90 Å². The van der Waals surface area contributed by atoms with E-state index < -0.39 is 11.9 Å². The van der Waals surface area contributed by atoms with Crippen molar-refractivity contribution in [2.24, 2.45) is 10.9 Å². The predicted octanol–water partition coefficient (Wildman–Crippen LogP) is 1.82. The molecule has 1 aliphatic carbocycles. The Morgan fingerprint density at radius 2 is 2.08 bits per heavy atom. The smallest absolute Gasteiger partial charge is 0.294 e. The Morgan fingerprint density at radius 3 is 2.79 bits per heavy atom. The molecule has 0 aromatic carbocycles. The highest BCUT2D eigenvalue weighted by atomic mass is 32.1. The van der Waals surface area contributed by atoms with E-state index in [2.05, 4.69) is 4.99 Å². The van der Waals surface area contributed by atoms with Crippen LogP contribution in [0.1, 0.15) is 23.6 Å². The lowest BCUT2D eigenvalue weighted by Crippen LogP contribution is -2.53. The highest BCUT2D eigenvalue weighted by Crippen LogP contribution is 2.41. The van der Waals surface area contributed by atoms with Crippen LogP contribution in [0.3, 0.4) is 0 Å². The van der Waals surface area contributed by atoms with Crippen LogP contribution in [0.2, 0.25) is 0 Å². The number of allylic oxidation sites excluding steroid dienone is 1. The SMILES string of the molecule is CN1C(=O)C2C3=C(C=NC2=[N+](C)C1=O)C(=O)CC(c1cccs1)C3. The van der Waals surface area contributed by atoms with Crippen molar-refractivity contribution in [1.29, 1.82) is 0 Å². The van der Waals surface area contributed by atoms with Crippen molar-refractivity contribution in [2.45, 2.75) is 18.8 Å². The molecule has 0 saturated carbocycles. The molecular formula is C17H16N3O3S+. The van der Waals surface area contributed by atoms with Crippen molar-refractivity contribution < 1.29 is 19.0 Å². The number of dihydropyridines is 1. The average molecular weight is 342 g/mol. The van der Waals surface area contributed by atoms with Crippen LogP contribution < -0.4 is 0 Å². The fourth-order valence-corrected chi connectivity index (χ4v) is 4.46. The maximum Gasteiger partial charge on any atom is 0.445 e. The standard InChI is InChI=1S/C17H16N3O3S/c1-19-15-14(16(22)20(2)17(19)23)10-6-9(13-4-3-5-24-13)7-12(21)11(10)8-18-15/h3-5,8-9,14H,6-7H2,1-2H3/q+1. The van der Waals surface area contributed by atoms with Crippen LogP contribution in [0.15, 0.2) is 33.7 Å². The van der Waals surface area contributed by atoms with Crippen LogP contribution >= 0.6 is 11.3 Å². The summed E-state index contributed by atoms with van der Waals surface area (Å²) in [4.78, 5) is 43.9. The Labute approximate surface area is 142 Å². The summed E-state index contributed by atoms with van der Waals surface area (Å²) in [5, 5.41) is 2.00. The summed E-state index contributed by atoms with van der Waals surface area (Å²) in [5.41, 5.74) is 1.34. The fraction of sp³-hybridized carbons (Fsp3) is 0.353. The number of thiophene rings is 1. The summed E-state index contributed by atoms with van der Waals surface area (Å²) >= 11 is 1.63. The highest BCUT2D eigenvalue weighted by Gasteiger charge is 2.50. The number of aliphatic imine (C=N–C) groups is 1. The van der Waals surface area contributed by atoms with E-state index in [1.54, 1.807) is 18.4 Å². The third-order valence-corrected chi connectivity index (χ3v) is 5.95. The molecule has 6 nitrogen and oxygen atoms in total. The van der Waals surface area contributed by atoms with Crippen LogP contribution in [-0.2, 0) is 9.59 Å². The monoisotopic (exact) mass is 342 g/mol. The van der Waals surface area contributed by atoms with E-state index >= 15 is 0 Å². The number of nitrogens with zero attached hydrogens (tertiary/aromatic N) is 3. The normalized spacial score (nSPS) is 26.9. The molecule has 0 spiro atoms. The quantitative estimate of drug-likeness (QED) is 0.731. The molecule has 3 amide bonds. The van der Waals surface area contributed by atoms with Gasteiger partial charge in [0.15, 0.2) is 11.7 Å². The molecule has 0 N–H and O–H groups in total. The zero-order valence-corrected chi connectivity index (χ0v) is 14.2. The largest absolute Gasteiger partial charge is 0.445 e. The highest BCUT2D eigenvalue weighted by molar-refractivity contribution is 7.10. The summed E-state index contributed by atoms with van der Waals surface area (Å²) in [6.07, 6.45) is 2.60. The molecule has 7 heteroatoms. The zero-order chi connectivity index (χ0) is 17.0. The van der Waals surface area contributed by atoms with E-state index in [9.17, 15) is 14.4 Å². The van der Waals surface area contributed by atoms with Gasteiger partial charge in [0.1, 0.15) is 6.21 Å². The number of carbonyl (C=O) groups is 3. The Balaban J connectivity index is 1.82. The minimum absolute atomic E-state index is 0.0208. The number of Topliss-reactive ketones (excluding diaryl/α,β-unsaturated/α-hetero) is 1. The molecule has 0 fully saturated rings. The number of ketones is 1. The van der Waals surface area contributed by atoms with Crippen molar-refractivity contribution in [2.75, 3.05) is 14.1 Å². The van der Waals surface area contributed by atoms with Crippen LogP contribution in [0.5, 0.6) is 0 Å². The van der Waals surface area contributed by atoms with E-state index in [1.807, 2.05) is 17.5 Å². The zero-order valence-electron chi connectivity index (χ0n) is 13.4. The van der Waals surface area contributed by atoms with E-state index in [0.717, 1.165) is 15.4 Å². The van der Waals surface area contributed by atoms with Crippen LogP contribution in [0.4, 0.5) is 4.79 Å². The molecule has 2 unspecified atom stereocenters. The fourth-order valence-electron chi connectivity index (χ4n) is 3.63. The number of hydrogen-bond acceptors (Lipinski definition) is 5. The first-order valence-corrected chi connectivity index (χ1v) is 8.62. The van der Waals surface area contributed by atoms with Gasteiger partial charge >= 0.3 is 11.9 Å². The number of hydrogen-bond donors (Lipinski definition) is 0. The van der Waals surface area contributed by atoms with Crippen LogP contribution in [0, 0.1) is 5.92 Å². The minimum Gasteiger partial charge on any atom is -0.294 e. The summed E-state index contributed by atoms with van der Waals surface area (Å²) in [6.45, 7) is 0. The molecule has 2 atom stereocenters. The lowest BCUT2D eigenvalue weighted by molar-refractivity contribution is -0.407. The molecule has 4 rings (SSSR count). The molecule has 24 heavy (non-hydrogen) atoms. The lowest BCUT2D eigenvalue weighted by atomic mass is 9.75. The molecule has 1 aromatic heterocycles. The molecule has 122 valence electrons. The first kappa shape index (κ1) is 15.1. The second kappa shape index (κ2) is 5.31. The topological polar surface area (TPSA) is 69.8 Å². The number of fused-ring (bicyclic) bond motifs is 2. The van der Waals surface area contributed by atoms with Crippen molar-refractivity contribution in [3.05, 3.63) is 33.5 Å². The van der Waals surface area contributed by atoms with Gasteiger partial charge in [0, 0.05) is 17.2 Å². The van der Waals surface area contributed by atoms with Gasteiger partial charge in [-0.2, -0.15) is 9.48 Å². The van der Waals surface area contributed by atoms with Crippen LogP contribution in [0.25, 0.3) is 0 Å². The first-order chi connectivity index (χ1) is 11.5. The second-order valence-corrected chi connectivity index (χ2v) is 7.25. The van der Waals surface area contributed by atoms with Gasteiger partial charge in [0.2, 0.25) is 0 Å². The number of amidine groups is 1. The van der Waals surface area contributed by atoms with E-state index in [4.69, 9.17) is 0 Å². The molecule has 0 saturated heterocycles. The van der Waals surface area contributed by atoms with Crippen molar-refractivity contribution in [3.8, 4) is 0 Å². The van der Waals surface area contributed by atoms with Gasteiger partial charge in [0.05, 0.1) is 19.7 Å². The third-order valence-electron chi connectivity index (χ3n) is 4.92. The summed E-state index contributed by atoms with van der Waals surface area (Å²) in [6, 6.07) is 3.60. The maximum atomic E-state index is 12.7. The van der Waals surface area contributed by atoms with Crippen molar-refractivity contribution in [3.63, 3.8) is 0 Å². The van der Waals surface area contributed by atoms with Crippen molar-refractivity contribution >= 4 is 41.1 Å². The molecule has 0 bridgehead atoms. The van der Waals surface area contributed by atoms with E-state index in [0.29, 0.717) is 24.3 Å². The van der Waals surface area contributed by atoms with Crippen LogP contribution in [-0.4, -0.2) is 53.3 Å². The van der Waals surface area contributed by atoms with Gasteiger partial charge in [-0.3, -0.25) is 9.59 Å². The van der Waals surface area contributed by atoms with Gasteiger partial charge in [0.25, 0.3) is 5.84 Å². The van der Waals surface area contributed by atoms with E-state index in [1.165, 1.54) is 17.8 Å². The summed E-state index contributed by atoms with van der Waals surface area (Å²) < 4.78 is 1.39. The summed E-state index contributed by atoms with van der Waals surface area (Å²) in [5.74, 6) is -0.416. The van der Waals surface area contributed by atoms with Gasteiger partial charge in [-0.25, -0.2) is 4.79 Å². The molecule has 3 heterocycles. The third kappa shape index (κ3) is 2.04. The minimum atomic E-state index is -0.635. The van der Waals surface area contributed by atoms with Gasteiger partial charge in [-0.05, 0) is 23.4 Å². The number of rotatable bonds is 1. The first-order valence-electron chi connectivity index (χ1n) is 7.75. The summed E-state index contributed by atoms with van der Waals surface area (Å²) in [7, 11) is 3.08. The molecule has 1 aromatic rings. The number of carbonyl (C=O) groups excluding carboxylic acids is 3. The van der Waals surface area contributed by atoms with E-state index in [-0.39, 0.29) is 17.6 Å². The Kier molecular flexibility index (Phi) is 3.35. The number of amides is 3. The predicted molar refractivity (Wildman–Crippen MR) is 89.7 cm³/mol. The second-order valence-electron chi connectivity index (χ2n) is 6.27. The lowest BCUT2D eigenvalue weighted by Gasteiger charge is -2.32. The molecular weight excluding hydrogens is 326 g/mol. The molecule has 2 aliphatic heterocycles. The Bertz CT molecular complexity index is 864. The van der Waals surface area contributed by atoms with Gasteiger partial charge in [-0.15, -0.1) is 16.3 Å². The average Bonchev–Trinajstić information content (AvgIpc) is 3.11. The maximum absolute atomic E-state index is 12.7. The Hall–Kier alpha value is -2.41. The number of urea groups is 1. The number of imide groups is 1. The van der Waals surface area contributed by atoms with Gasteiger partial charge in [-0.1, -0.05) is 6.07 Å². The molecule has 3 aliphatic rings. The Morgan fingerprint density at radius 1 is 1.29 bits per heavy atom. The van der Waals surface area contributed by atoms with Gasteiger partial charge < -0.3 is 0 Å².